The highest BCUT2D eigenvalue weighted by Gasteiger charge is 2.15. The first-order chi connectivity index (χ1) is 9.76. The number of pyridine rings is 1. The number of hydrogen-bond donors (Lipinski definition) is 3. The molecule has 2 heterocycles. The molecule has 3 rings (SSSR count). The van der Waals surface area contributed by atoms with Crippen LogP contribution in [-0.2, 0) is 6.42 Å². The van der Waals surface area contributed by atoms with Gasteiger partial charge in [-0.15, -0.1) is 0 Å². The van der Waals surface area contributed by atoms with Crippen LogP contribution in [0.1, 0.15) is 17.4 Å². The zero-order valence-corrected chi connectivity index (χ0v) is 10.9. The summed E-state index contributed by atoms with van der Waals surface area (Å²) in [4.78, 5) is 3.98. The Labute approximate surface area is 116 Å². The number of nitrogen functional groups attached to an aromatic ring is 1. The molecular weight excluding hydrogens is 252 g/mol. The Hall–Kier alpha value is -2.37. The van der Waals surface area contributed by atoms with Gasteiger partial charge in [0, 0.05) is 11.6 Å². The summed E-state index contributed by atoms with van der Waals surface area (Å²) in [7, 11) is 0. The molecule has 5 N–H and O–H groups in total. The lowest BCUT2D eigenvalue weighted by molar-refractivity contribution is 0.434. The minimum Gasteiger partial charge on any atom is -0.459 e. The van der Waals surface area contributed by atoms with Crippen LogP contribution in [0.25, 0.3) is 11.0 Å². The normalized spacial score (nSPS) is 12.7. The monoisotopic (exact) mass is 268 g/mol. The van der Waals surface area contributed by atoms with E-state index in [1.54, 1.807) is 6.20 Å². The molecule has 0 radical (unpaired) electrons. The van der Waals surface area contributed by atoms with Crippen molar-refractivity contribution in [3.8, 4) is 0 Å². The molecule has 0 saturated carbocycles. The van der Waals surface area contributed by atoms with Crippen molar-refractivity contribution in [1.29, 1.82) is 0 Å². The Morgan fingerprint density at radius 1 is 1.20 bits per heavy atom. The molecule has 1 aromatic carbocycles. The molecule has 1 unspecified atom stereocenters. The zero-order chi connectivity index (χ0) is 13.9. The van der Waals surface area contributed by atoms with Gasteiger partial charge in [-0.2, -0.15) is 0 Å². The summed E-state index contributed by atoms with van der Waals surface area (Å²) >= 11 is 0. The maximum absolute atomic E-state index is 5.83. The first-order valence-corrected chi connectivity index (χ1v) is 6.41. The van der Waals surface area contributed by atoms with E-state index in [1.807, 2.05) is 42.5 Å². The summed E-state index contributed by atoms with van der Waals surface area (Å²) in [6.07, 6.45) is 2.37. The molecule has 0 amide bonds. The van der Waals surface area contributed by atoms with Crippen molar-refractivity contribution >= 4 is 16.8 Å². The van der Waals surface area contributed by atoms with Crippen molar-refractivity contribution in [2.75, 3.05) is 5.73 Å². The second kappa shape index (κ2) is 5.32. The van der Waals surface area contributed by atoms with Crippen molar-refractivity contribution in [1.82, 2.24) is 10.4 Å². The number of furan rings is 1. The van der Waals surface area contributed by atoms with E-state index in [2.05, 4.69) is 10.4 Å². The molecule has 5 nitrogen and oxygen atoms in total. The number of aromatic nitrogens is 1. The van der Waals surface area contributed by atoms with Gasteiger partial charge in [-0.05, 0) is 36.2 Å². The minimum absolute atomic E-state index is 0.107. The lowest BCUT2D eigenvalue weighted by atomic mass is 10.1. The third-order valence-corrected chi connectivity index (χ3v) is 3.27. The van der Waals surface area contributed by atoms with Gasteiger partial charge in [0.2, 0.25) is 0 Å². The van der Waals surface area contributed by atoms with Crippen LogP contribution in [0.5, 0.6) is 0 Å². The Morgan fingerprint density at radius 3 is 2.80 bits per heavy atom. The quantitative estimate of drug-likeness (QED) is 0.498. The summed E-state index contributed by atoms with van der Waals surface area (Å²) < 4.78 is 5.83. The van der Waals surface area contributed by atoms with Crippen molar-refractivity contribution in [2.45, 2.75) is 12.5 Å². The second-order valence-electron chi connectivity index (χ2n) is 4.70. The maximum atomic E-state index is 5.83. The van der Waals surface area contributed by atoms with E-state index >= 15 is 0 Å². The highest BCUT2D eigenvalue weighted by molar-refractivity contribution is 5.77. The third-order valence-electron chi connectivity index (χ3n) is 3.27. The number of para-hydroxylation sites is 1. The average Bonchev–Trinajstić information content (AvgIpc) is 2.88. The molecule has 0 aliphatic rings. The first-order valence-electron chi connectivity index (χ1n) is 6.41. The summed E-state index contributed by atoms with van der Waals surface area (Å²) in [5.74, 6) is 6.97. The predicted molar refractivity (Wildman–Crippen MR) is 78.6 cm³/mol. The van der Waals surface area contributed by atoms with Gasteiger partial charge in [0.15, 0.2) is 0 Å². The molecule has 0 aliphatic heterocycles. The first kappa shape index (κ1) is 12.7. The molecule has 1 atom stereocenters. The van der Waals surface area contributed by atoms with Crippen molar-refractivity contribution < 1.29 is 4.42 Å². The molecule has 5 heteroatoms. The molecule has 0 saturated heterocycles. The SMILES string of the molecule is NNC(Cc1ccnc(N)c1)c1cc2ccccc2o1. The standard InChI is InChI=1S/C15H16N4O/c16-15-8-10(5-6-18-15)7-12(19-17)14-9-11-3-1-2-4-13(11)20-14/h1-6,8-9,12,19H,7,17H2,(H2,16,18). The van der Waals surface area contributed by atoms with Crippen LogP contribution in [0.15, 0.2) is 53.1 Å². The molecular formula is C15H16N4O. The number of anilines is 1. The lowest BCUT2D eigenvalue weighted by Crippen LogP contribution is -2.29. The number of nitrogens with two attached hydrogens (primary N) is 2. The fourth-order valence-electron chi connectivity index (χ4n) is 2.27. The number of fused-ring (bicyclic) bond motifs is 1. The van der Waals surface area contributed by atoms with Crippen LogP contribution in [0.4, 0.5) is 5.82 Å². The van der Waals surface area contributed by atoms with Crippen LogP contribution in [0.3, 0.4) is 0 Å². The number of nitrogens with zero attached hydrogens (tertiary/aromatic N) is 1. The Balaban J connectivity index is 1.89. The fraction of sp³-hybridized carbons (Fsp3) is 0.133. The molecule has 0 aliphatic carbocycles. The number of nitrogens with one attached hydrogen (secondary N) is 1. The number of rotatable bonds is 4. The second-order valence-corrected chi connectivity index (χ2v) is 4.70. The summed E-state index contributed by atoms with van der Waals surface area (Å²) in [6.45, 7) is 0. The van der Waals surface area contributed by atoms with Gasteiger partial charge < -0.3 is 10.2 Å². The number of benzene rings is 1. The van der Waals surface area contributed by atoms with E-state index in [0.717, 1.165) is 22.3 Å². The van der Waals surface area contributed by atoms with Gasteiger partial charge in [0.05, 0.1) is 6.04 Å². The number of hydrogen-bond acceptors (Lipinski definition) is 5. The van der Waals surface area contributed by atoms with E-state index in [-0.39, 0.29) is 6.04 Å². The Kier molecular flexibility index (Phi) is 3.37. The molecule has 2 aromatic heterocycles. The maximum Gasteiger partial charge on any atom is 0.134 e. The van der Waals surface area contributed by atoms with Gasteiger partial charge in [-0.25, -0.2) is 10.4 Å². The summed E-state index contributed by atoms with van der Waals surface area (Å²) in [6, 6.07) is 13.5. The highest BCUT2D eigenvalue weighted by atomic mass is 16.3. The van der Waals surface area contributed by atoms with Crippen LogP contribution < -0.4 is 17.0 Å². The van der Waals surface area contributed by atoms with Gasteiger partial charge in [0.1, 0.15) is 17.2 Å². The lowest BCUT2D eigenvalue weighted by Gasteiger charge is -2.13. The molecule has 20 heavy (non-hydrogen) atoms. The van der Waals surface area contributed by atoms with Crippen molar-refractivity contribution in [3.63, 3.8) is 0 Å². The summed E-state index contributed by atoms with van der Waals surface area (Å²) in [5.41, 5.74) is 10.4. The predicted octanol–water partition coefficient (Wildman–Crippen LogP) is 2.16. The summed E-state index contributed by atoms with van der Waals surface area (Å²) in [5, 5.41) is 1.07. The van der Waals surface area contributed by atoms with Crippen LogP contribution >= 0.6 is 0 Å². The molecule has 0 spiro atoms. The van der Waals surface area contributed by atoms with E-state index < -0.39 is 0 Å². The Morgan fingerprint density at radius 2 is 2.05 bits per heavy atom. The van der Waals surface area contributed by atoms with Gasteiger partial charge >= 0.3 is 0 Å². The molecule has 102 valence electrons. The smallest absolute Gasteiger partial charge is 0.134 e. The van der Waals surface area contributed by atoms with Gasteiger partial charge in [-0.3, -0.25) is 5.84 Å². The fourth-order valence-corrected chi connectivity index (χ4v) is 2.27. The number of hydrazine groups is 1. The Bertz CT molecular complexity index is 689. The van der Waals surface area contributed by atoms with Gasteiger partial charge in [-0.1, -0.05) is 18.2 Å². The van der Waals surface area contributed by atoms with Crippen LogP contribution in [0, 0.1) is 0 Å². The average molecular weight is 268 g/mol. The minimum atomic E-state index is -0.107. The van der Waals surface area contributed by atoms with Crippen molar-refractivity contribution in [3.05, 3.63) is 60.0 Å². The third kappa shape index (κ3) is 2.49. The van der Waals surface area contributed by atoms with E-state index in [9.17, 15) is 0 Å². The van der Waals surface area contributed by atoms with E-state index in [0.29, 0.717) is 12.2 Å². The van der Waals surface area contributed by atoms with E-state index in [4.69, 9.17) is 16.0 Å². The van der Waals surface area contributed by atoms with E-state index in [1.165, 1.54) is 0 Å². The van der Waals surface area contributed by atoms with Crippen LogP contribution in [0.2, 0.25) is 0 Å². The molecule has 0 fully saturated rings. The van der Waals surface area contributed by atoms with Crippen molar-refractivity contribution in [2.24, 2.45) is 5.84 Å². The topological polar surface area (TPSA) is 90.1 Å². The zero-order valence-electron chi connectivity index (χ0n) is 10.9. The van der Waals surface area contributed by atoms with Gasteiger partial charge in [0.25, 0.3) is 0 Å². The molecule has 3 aromatic rings. The van der Waals surface area contributed by atoms with Crippen LogP contribution in [-0.4, -0.2) is 4.98 Å². The highest BCUT2D eigenvalue weighted by Crippen LogP contribution is 2.25. The molecule has 0 bridgehead atoms. The largest absolute Gasteiger partial charge is 0.459 e.